The fourth-order valence-corrected chi connectivity index (χ4v) is 2.57. The molecular weight excluding hydrogens is 288 g/mol. The quantitative estimate of drug-likeness (QED) is 0.787. The van der Waals surface area contributed by atoms with Gasteiger partial charge in [0.1, 0.15) is 5.75 Å². The third kappa shape index (κ3) is 4.83. The lowest BCUT2D eigenvalue weighted by molar-refractivity contribution is -0.119. The van der Waals surface area contributed by atoms with Crippen LogP contribution in [0.3, 0.4) is 0 Å². The lowest BCUT2D eigenvalue weighted by atomic mass is 10.2. The number of anilines is 1. The van der Waals surface area contributed by atoms with Crippen molar-refractivity contribution >= 4 is 11.6 Å². The van der Waals surface area contributed by atoms with Crippen LogP contribution in [0.15, 0.2) is 54.6 Å². The number of carbonyl (C=O) groups is 1. The number of para-hydroxylation sites is 1. The Hall–Kier alpha value is -2.33. The molecule has 2 aromatic rings. The summed E-state index contributed by atoms with van der Waals surface area (Å²) in [6.07, 6.45) is 0. The predicted octanol–water partition coefficient (Wildman–Crippen LogP) is 3.18. The van der Waals surface area contributed by atoms with E-state index in [4.69, 9.17) is 4.74 Å². The average molecular weight is 312 g/mol. The Kier molecular flexibility index (Phi) is 6.18. The van der Waals surface area contributed by atoms with Crippen molar-refractivity contribution in [1.29, 1.82) is 0 Å². The van der Waals surface area contributed by atoms with E-state index < -0.39 is 0 Å². The number of ether oxygens (including phenoxy) is 1. The standard InChI is InChI=1S/C19H24N2O2/c1-4-21(17-10-6-5-7-11-17)19(22)15-20(2)14-16-9-8-12-18(13-16)23-3/h5-13H,4,14-15H2,1-3H3. The molecule has 2 aromatic carbocycles. The zero-order chi connectivity index (χ0) is 16.7. The van der Waals surface area contributed by atoms with Gasteiger partial charge in [-0.1, -0.05) is 30.3 Å². The van der Waals surface area contributed by atoms with Gasteiger partial charge in [-0.15, -0.1) is 0 Å². The minimum Gasteiger partial charge on any atom is -0.497 e. The van der Waals surface area contributed by atoms with Crippen molar-refractivity contribution in [3.8, 4) is 5.75 Å². The summed E-state index contributed by atoms with van der Waals surface area (Å²) in [7, 11) is 3.61. The van der Waals surface area contributed by atoms with E-state index in [0.29, 0.717) is 19.6 Å². The van der Waals surface area contributed by atoms with Gasteiger partial charge in [0.05, 0.1) is 13.7 Å². The second kappa shape index (κ2) is 8.34. The zero-order valence-corrected chi connectivity index (χ0v) is 14.0. The number of hydrogen-bond donors (Lipinski definition) is 0. The van der Waals surface area contributed by atoms with Crippen LogP contribution in [0.25, 0.3) is 0 Å². The Balaban J connectivity index is 1.98. The van der Waals surface area contributed by atoms with Crippen molar-refractivity contribution in [3.63, 3.8) is 0 Å². The fraction of sp³-hybridized carbons (Fsp3) is 0.316. The maximum Gasteiger partial charge on any atom is 0.241 e. The summed E-state index contributed by atoms with van der Waals surface area (Å²) in [6, 6.07) is 17.7. The van der Waals surface area contributed by atoms with Crippen molar-refractivity contribution in [1.82, 2.24) is 4.90 Å². The van der Waals surface area contributed by atoms with E-state index in [9.17, 15) is 4.79 Å². The lowest BCUT2D eigenvalue weighted by Gasteiger charge is -2.24. The van der Waals surface area contributed by atoms with Crippen molar-refractivity contribution in [2.24, 2.45) is 0 Å². The highest BCUT2D eigenvalue weighted by Crippen LogP contribution is 2.15. The Labute approximate surface area is 138 Å². The molecule has 4 nitrogen and oxygen atoms in total. The minimum atomic E-state index is 0.101. The van der Waals surface area contributed by atoms with Crippen molar-refractivity contribution < 1.29 is 9.53 Å². The molecule has 0 aliphatic heterocycles. The first-order valence-electron chi connectivity index (χ1n) is 7.81. The third-order valence-corrected chi connectivity index (χ3v) is 3.68. The molecule has 0 saturated carbocycles. The summed E-state index contributed by atoms with van der Waals surface area (Å²) < 4.78 is 5.24. The van der Waals surface area contributed by atoms with Crippen LogP contribution in [-0.4, -0.2) is 38.1 Å². The molecule has 0 aromatic heterocycles. The molecule has 4 heteroatoms. The molecule has 0 fully saturated rings. The second-order valence-electron chi connectivity index (χ2n) is 5.50. The number of rotatable bonds is 7. The highest BCUT2D eigenvalue weighted by molar-refractivity contribution is 5.94. The summed E-state index contributed by atoms with van der Waals surface area (Å²) in [5.74, 6) is 0.936. The number of benzene rings is 2. The van der Waals surface area contributed by atoms with Gasteiger partial charge in [-0.25, -0.2) is 0 Å². The minimum absolute atomic E-state index is 0.101. The van der Waals surface area contributed by atoms with Gasteiger partial charge in [-0.2, -0.15) is 0 Å². The van der Waals surface area contributed by atoms with E-state index in [1.165, 1.54) is 0 Å². The van der Waals surface area contributed by atoms with E-state index in [1.54, 1.807) is 7.11 Å². The van der Waals surface area contributed by atoms with Crippen LogP contribution in [0.2, 0.25) is 0 Å². The van der Waals surface area contributed by atoms with Crippen LogP contribution in [0.5, 0.6) is 5.75 Å². The summed E-state index contributed by atoms with van der Waals surface area (Å²) in [5.41, 5.74) is 2.07. The lowest BCUT2D eigenvalue weighted by Crippen LogP contribution is -2.38. The van der Waals surface area contributed by atoms with E-state index >= 15 is 0 Å². The van der Waals surface area contributed by atoms with Crippen LogP contribution >= 0.6 is 0 Å². The van der Waals surface area contributed by atoms with Crippen LogP contribution in [-0.2, 0) is 11.3 Å². The first-order valence-corrected chi connectivity index (χ1v) is 7.81. The number of amides is 1. The molecule has 1 amide bonds. The monoisotopic (exact) mass is 312 g/mol. The number of methoxy groups -OCH3 is 1. The molecule has 0 aliphatic carbocycles. The Morgan fingerprint density at radius 1 is 1.09 bits per heavy atom. The average Bonchev–Trinajstić information content (AvgIpc) is 2.56. The van der Waals surface area contributed by atoms with E-state index in [1.807, 2.05) is 78.4 Å². The van der Waals surface area contributed by atoms with Gasteiger partial charge in [0.25, 0.3) is 0 Å². The fourth-order valence-electron chi connectivity index (χ4n) is 2.57. The number of likely N-dealkylation sites (N-methyl/N-ethyl adjacent to an activating group) is 2. The van der Waals surface area contributed by atoms with Gasteiger partial charge >= 0.3 is 0 Å². The molecule has 0 radical (unpaired) electrons. The van der Waals surface area contributed by atoms with E-state index in [0.717, 1.165) is 17.0 Å². The molecule has 0 bridgehead atoms. The van der Waals surface area contributed by atoms with Crippen LogP contribution in [0, 0.1) is 0 Å². The molecule has 0 unspecified atom stereocenters. The largest absolute Gasteiger partial charge is 0.497 e. The highest BCUT2D eigenvalue weighted by atomic mass is 16.5. The van der Waals surface area contributed by atoms with Gasteiger partial charge < -0.3 is 9.64 Å². The number of carbonyl (C=O) groups excluding carboxylic acids is 1. The molecule has 2 rings (SSSR count). The first kappa shape index (κ1) is 17.0. The highest BCUT2D eigenvalue weighted by Gasteiger charge is 2.15. The SMILES string of the molecule is CCN(C(=O)CN(C)Cc1cccc(OC)c1)c1ccccc1. The van der Waals surface area contributed by atoms with Crippen LogP contribution in [0.4, 0.5) is 5.69 Å². The van der Waals surface area contributed by atoms with Crippen LogP contribution < -0.4 is 9.64 Å². The summed E-state index contributed by atoms with van der Waals surface area (Å²) in [5, 5.41) is 0. The second-order valence-corrected chi connectivity index (χ2v) is 5.50. The van der Waals surface area contributed by atoms with Gasteiger partial charge in [0.2, 0.25) is 5.91 Å². The maximum atomic E-state index is 12.6. The zero-order valence-electron chi connectivity index (χ0n) is 14.0. The molecular formula is C19H24N2O2. The Morgan fingerprint density at radius 3 is 2.48 bits per heavy atom. The molecule has 0 aliphatic rings. The Morgan fingerprint density at radius 2 is 1.83 bits per heavy atom. The van der Waals surface area contributed by atoms with Gasteiger partial charge in [-0.05, 0) is 43.8 Å². The maximum absolute atomic E-state index is 12.6. The number of nitrogens with zero attached hydrogens (tertiary/aromatic N) is 2. The van der Waals surface area contributed by atoms with Gasteiger partial charge in [-0.3, -0.25) is 9.69 Å². The van der Waals surface area contributed by atoms with Crippen molar-refractivity contribution in [2.75, 3.05) is 32.1 Å². The third-order valence-electron chi connectivity index (χ3n) is 3.68. The Bertz CT molecular complexity index is 628. The van der Waals surface area contributed by atoms with Gasteiger partial charge in [0.15, 0.2) is 0 Å². The molecule has 0 spiro atoms. The molecule has 0 atom stereocenters. The summed E-state index contributed by atoms with van der Waals surface area (Å²) in [6.45, 7) is 3.73. The summed E-state index contributed by atoms with van der Waals surface area (Å²) in [4.78, 5) is 16.4. The first-order chi connectivity index (χ1) is 11.1. The molecule has 0 saturated heterocycles. The van der Waals surface area contributed by atoms with E-state index in [-0.39, 0.29) is 5.91 Å². The summed E-state index contributed by atoms with van der Waals surface area (Å²) >= 11 is 0. The molecule has 0 N–H and O–H groups in total. The molecule has 0 heterocycles. The normalized spacial score (nSPS) is 10.6. The molecule has 23 heavy (non-hydrogen) atoms. The van der Waals surface area contributed by atoms with Crippen molar-refractivity contribution in [2.45, 2.75) is 13.5 Å². The van der Waals surface area contributed by atoms with Crippen LogP contribution in [0.1, 0.15) is 12.5 Å². The van der Waals surface area contributed by atoms with Gasteiger partial charge in [0, 0.05) is 18.8 Å². The smallest absolute Gasteiger partial charge is 0.241 e. The van der Waals surface area contributed by atoms with Crippen molar-refractivity contribution in [3.05, 3.63) is 60.2 Å². The predicted molar refractivity (Wildman–Crippen MR) is 93.8 cm³/mol. The van der Waals surface area contributed by atoms with E-state index in [2.05, 4.69) is 0 Å². The number of hydrogen-bond acceptors (Lipinski definition) is 3. The topological polar surface area (TPSA) is 32.8 Å². The molecule has 122 valence electrons.